The number of urea groups is 1. The largest absolute Gasteiger partial charge is 0.325 e. The van der Waals surface area contributed by atoms with Crippen molar-refractivity contribution in [3.63, 3.8) is 0 Å². The Labute approximate surface area is 116 Å². The van der Waals surface area contributed by atoms with Gasteiger partial charge in [0.15, 0.2) is 0 Å². The molecular weight excluding hydrogens is 261 g/mol. The molecule has 1 saturated heterocycles. The Bertz CT molecular complexity index is 623. The van der Waals surface area contributed by atoms with Crippen molar-refractivity contribution in [3.05, 3.63) is 35.1 Å². The highest BCUT2D eigenvalue weighted by molar-refractivity contribution is 6.06. The maximum absolute atomic E-state index is 13.9. The maximum atomic E-state index is 13.9. The molecule has 104 valence electrons. The molecule has 1 aliphatic heterocycles. The minimum atomic E-state index is -0.975. The summed E-state index contributed by atoms with van der Waals surface area (Å²) >= 11 is 0. The van der Waals surface area contributed by atoms with E-state index in [0.717, 1.165) is 6.07 Å². The van der Waals surface area contributed by atoms with Crippen molar-refractivity contribution >= 4 is 11.9 Å². The molecule has 1 aromatic rings. The second-order valence-corrected chi connectivity index (χ2v) is 4.89. The Balaban J connectivity index is 2.32. The first-order chi connectivity index (χ1) is 9.42. The van der Waals surface area contributed by atoms with Crippen LogP contribution in [0.1, 0.15) is 31.4 Å². The van der Waals surface area contributed by atoms with Crippen LogP contribution in [0, 0.1) is 17.1 Å². The fourth-order valence-corrected chi connectivity index (χ4v) is 2.16. The summed E-state index contributed by atoms with van der Waals surface area (Å²) < 4.78 is 13.9. The summed E-state index contributed by atoms with van der Waals surface area (Å²) in [6, 6.07) is 5.38. The van der Waals surface area contributed by atoms with Crippen LogP contribution < -0.4 is 5.32 Å². The molecule has 1 heterocycles. The van der Waals surface area contributed by atoms with Crippen molar-refractivity contribution in [2.24, 2.45) is 0 Å². The molecule has 2 rings (SSSR count). The van der Waals surface area contributed by atoms with E-state index in [1.54, 1.807) is 13.8 Å². The zero-order chi connectivity index (χ0) is 14.9. The van der Waals surface area contributed by atoms with Gasteiger partial charge in [-0.05, 0) is 25.5 Å². The third kappa shape index (κ3) is 2.11. The normalized spacial score (nSPS) is 21.8. The quantitative estimate of drug-likeness (QED) is 0.856. The number of nitrogens with one attached hydrogen (secondary N) is 1. The summed E-state index contributed by atoms with van der Waals surface area (Å²) in [5.74, 6) is -0.936. The van der Waals surface area contributed by atoms with Gasteiger partial charge in [0.05, 0.1) is 18.2 Å². The second-order valence-electron chi connectivity index (χ2n) is 4.89. The monoisotopic (exact) mass is 275 g/mol. The average Bonchev–Trinajstić information content (AvgIpc) is 2.64. The van der Waals surface area contributed by atoms with Gasteiger partial charge >= 0.3 is 6.03 Å². The lowest BCUT2D eigenvalue weighted by Gasteiger charge is -2.30. The third-order valence-corrected chi connectivity index (χ3v) is 3.75. The molecule has 0 saturated carbocycles. The van der Waals surface area contributed by atoms with E-state index >= 15 is 0 Å². The second kappa shape index (κ2) is 4.93. The number of benzene rings is 1. The van der Waals surface area contributed by atoms with E-state index < -0.39 is 17.4 Å². The van der Waals surface area contributed by atoms with Crippen LogP contribution in [0.15, 0.2) is 18.2 Å². The van der Waals surface area contributed by atoms with Crippen LogP contribution in [-0.4, -0.2) is 22.4 Å². The summed E-state index contributed by atoms with van der Waals surface area (Å²) in [6.07, 6.45) is 0.433. The third-order valence-electron chi connectivity index (χ3n) is 3.75. The van der Waals surface area contributed by atoms with Crippen LogP contribution in [0.5, 0.6) is 0 Å². The van der Waals surface area contributed by atoms with E-state index in [9.17, 15) is 14.0 Å². The Hall–Kier alpha value is -2.42. The van der Waals surface area contributed by atoms with Crippen molar-refractivity contribution in [3.8, 4) is 6.07 Å². The van der Waals surface area contributed by atoms with Crippen LogP contribution >= 0.6 is 0 Å². The van der Waals surface area contributed by atoms with E-state index in [-0.39, 0.29) is 23.6 Å². The van der Waals surface area contributed by atoms with Gasteiger partial charge in [-0.25, -0.2) is 9.18 Å². The number of halogens is 1. The summed E-state index contributed by atoms with van der Waals surface area (Å²) in [6.45, 7) is 3.43. The highest BCUT2D eigenvalue weighted by atomic mass is 19.1. The molecular formula is C14H14FN3O2. The first-order valence-electron chi connectivity index (χ1n) is 6.24. The number of amides is 3. The summed E-state index contributed by atoms with van der Waals surface area (Å²) in [5.41, 5.74) is -0.489. The Kier molecular flexibility index (Phi) is 3.45. The molecule has 1 fully saturated rings. The number of nitriles is 1. The van der Waals surface area contributed by atoms with E-state index in [0.29, 0.717) is 6.42 Å². The molecule has 3 amide bonds. The lowest BCUT2D eigenvalue weighted by Crippen LogP contribution is -2.46. The van der Waals surface area contributed by atoms with Gasteiger partial charge in [-0.3, -0.25) is 10.1 Å². The van der Waals surface area contributed by atoms with Gasteiger partial charge in [-0.2, -0.15) is 5.26 Å². The lowest BCUT2D eigenvalue weighted by molar-refractivity contribution is -0.126. The van der Waals surface area contributed by atoms with Crippen LogP contribution in [0.3, 0.4) is 0 Å². The van der Waals surface area contributed by atoms with Gasteiger partial charge in [0.1, 0.15) is 11.4 Å². The summed E-state index contributed by atoms with van der Waals surface area (Å²) in [7, 11) is 0. The molecule has 0 aromatic heterocycles. The molecule has 1 aromatic carbocycles. The van der Waals surface area contributed by atoms with Crippen molar-refractivity contribution < 1.29 is 14.0 Å². The predicted molar refractivity (Wildman–Crippen MR) is 68.9 cm³/mol. The minimum Gasteiger partial charge on any atom is -0.306 e. The Morgan fingerprint density at radius 1 is 1.45 bits per heavy atom. The molecule has 1 N–H and O–H groups in total. The van der Waals surface area contributed by atoms with E-state index in [2.05, 4.69) is 5.32 Å². The topological polar surface area (TPSA) is 73.2 Å². The zero-order valence-corrected chi connectivity index (χ0v) is 11.2. The number of nitrogens with zero attached hydrogens (tertiary/aromatic N) is 2. The fraction of sp³-hybridized carbons (Fsp3) is 0.357. The van der Waals surface area contributed by atoms with Gasteiger partial charge in [0.2, 0.25) is 0 Å². The lowest BCUT2D eigenvalue weighted by atomic mass is 9.96. The smallest absolute Gasteiger partial charge is 0.306 e. The summed E-state index contributed by atoms with van der Waals surface area (Å²) in [5, 5.41) is 10.9. The molecule has 0 radical (unpaired) electrons. The first kappa shape index (κ1) is 14.0. The SMILES string of the molecule is CCC1(C)C(=O)NC(=O)N1Cc1ccc(C#N)cc1F. The standard InChI is InChI=1S/C14H14FN3O2/c1-3-14(2)12(19)17-13(20)18(14)8-10-5-4-9(7-16)6-11(10)15/h4-6H,3,8H2,1-2H3,(H,17,19,20). The average molecular weight is 275 g/mol. The van der Waals surface area contributed by atoms with E-state index in [1.165, 1.54) is 17.0 Å². The summed E-state index contributed by atoms with van der Waals surface area (Å²) in [4.78, 5) is 24.9. The van der Waals surface area contributed by atoms with Crippen LogP contribution in [0.2, 0.25) is 0 Å². The maximum Gasteiger partial charge on any atom is 0.325 e. The molecule has 1 aliphatic rings. The first-order valence-corrected chi connectivity index (χ1v) is 6.24. The predicted octanol–water partition coefficient (Wildman–Crippen LogP) is 1.92. The number of carbonyl (C=O) groups is 2. The van der Waals surface area contributed by atoms with Crippen LogP contribution in [0.4, 0.5) is 9.18 Å². The van der Waals surface area contributed by atoms with Gasteiger partial charge in [0.25, 0.3) is 5.91 Å². The van der Waals surface area contributed by atoms with E-state index in [1.807, 2.05) is 6.07 Å². The van der Waals surface area contributed by atoms with Gasteiger partial charge < -0.3 is 4.90 Å². The molecule has 1 atom stereocenters. The minimum absolute atomic E-state index is 0.0144. The van der Waals surface area contributed by atoms with Crippen LogP contribution in [-0.2, 0) is 11.3 Å². The molecule has 0 spiro atoms. The van der Waals surface area contributed by atoms with Gasteiger partial charge in [-0.1, -0.05) is 13.0 Å². The number of hydrogen-bond donors (Lipinski definition) is 1. The van der Waals surface area contributed by atoms with E-state index in [4.69, 9.17) is 5.26 Å². The number of carbonyl (C=O) groups excluding carboxylic acids is 2. The molecule has 6 heteroatoms. The number of imide groups is 1. The molecule has 0 aliphatic carbocycles. The molecule has 20 heavy (non-hydrogen) atoms. The molecule has 5 nitrogen and oxygen atoms in total. The van der Waals surface area contributed by atoms with Crippen LogP contribution in [0.25, 0.3) is 0 Å². The highest BCUT2D eigenvalue weighted by Gasteiger charge is 2.47. The Morgan fingerprint density at radius 2 is 2.15 bits per heavy atom. The van der Waals surface area contributed by atoms with Crippen molar-refractivity contribution in [1.82, 2.24) is 10.2 Å². The fourth-order valence-electron chi connectivity index (χ4n) is 2.16. The van der Waals surface area contributed by atoms with Crippen molar-refractivity contribution in [1.29, 1.82) is 5.26 Å². The van der Waals surface area contributed by atoms with Crippen molar-refractivity contribution in [2.75, 3.05) is 0 Å². The van der Waals surface area contributed by atoms with Crippen molar-refractivity contribution in [2.45, 2.75) is 32.4 Å². The van der Waals surface area contributed by atoms with Gasteiger partial charge in [0, 0.05) is 5.56 Å². The highest BCUT2D eigenvalue weighted by Crippen LogP contribution is 2.27. The zero-order valence-electron chi connectivity index (χ0n) is 11.2. The molecule has 0 bridgehead atoms. The number of hydrogen-bond acceptors (Lipinski definition) is 3. The molecule has 1 unspecified atom stereocenters. The van der Waals surface area contributed by atoms with Gasteiger partial charge in [-0.15, -0.1) is 0 Å². The Morgan fingerprint density at radius 3 is 2.70 bits per heavy atom. The number of rotatable bonds is 3.